The van der Waals surface area contributed by atoms with Crippen LogP contribution < -0.4 is 5.32 Å². The number of benzene rings is 1. The van der Waals surface area contributed by atoms with Crippen molar-refractivity contribution in [3.8, 4) is 11.4 Å². The first-order chi connectivity index (χ1) is 11.2. The van der Waals surface area contributed by atoms with E-state index < -0.39 is 12.1 Å². The van der Waals surface area contributed by atoms with E-state index in [-0.39, 0.29) is 23.7 Å². The maximum Gasteiger partial charge on any atom is 0.471 e. The van der Waals surface area contributed by atoms with Gasteiger partial charge in [0, 0.05) is 22.5 Å². The highest BCUT2D eigenvalue weighted by molar-refractivity contribution is 6.31. The summed E-state index contributed by atoms with van der Waals surface area (Å²) in [6, 6.07) is 4.57. The van der Waals surface area contributed by atoms with E-state index >= 15 is 0 Å². The lowest BCUT2D eigenvalue weighted by Crippen LogP contribution is -2.29. The van der Waals surface area contributed by atoms with Crippen molar-refractivity contribution >= 4 is 17.5 Å². The highest BCUT2D eigenvalue weighted by atomic mass is 35.5. The summed E-state index contributed by atoms with van der Waals surface area (Å²) in [5.41, 5.74) is 0.659. The fourth-order valence-electron chi connectivity index (χ4n) is 2.09. The predicted molar refractivity (Wildman–Crippen MR) is 78.9 cm³/mol. The average molecular weight is 360 g/mol. The third kappa shape index (κ3) is 3.38. The van der Waals surface area contributed by atoms with Crippen LogP contribution in [0.3, 0.4) is 0 Å². The molecule has 2 aromatic rings. The molecule has 1 heterocycles. The molecule has 1 fully saturated rings. The minimum Gasteiger partial charge on any atom is -0.351 e. The van der Waals surface area contributed by atoms with Crippen LogP contribution >= 0.6 is 11.6 Å². The summed E-state index contributed by atoms with van der Waals surface area (Å²) < 4.78 is 41.6. The lowest BCUT2D eigenvalue weighted by Gasteiger charge is -2.11. The smallest absolute Gasteiger partial charge is 0.351 e. The van der Waals surface area contributed by atoms with Crippen LogP contribution in [0.2, 0.25) is 5.02 Å². The summed E-state index contributed by atoms with van der Waals surface area (Å²) in [6.45, 7) is 2.13. The number of nitrogens with one attached hydrogen (secondary N) is 1. The highest BCUT2D eigenvalue weighted by Gasteiger charge is 2.44. The zero-order chi connectivity index (χ0) is 17.5. The second-order valence-electron chi connectivity index (χ2n) is 5.97. The van der Waals surface area contributed by atoms with Crippen molar-refractivity contribution in [3.05, 3.63) is 34.7 Å². The van der Waals surface area contributed by atoms with Gasteiger partial charge < -0.3 is 9.84 Å². The maximum atomic E-state index is 12.5. The molecule has 24 heavy (non-hydrogen) atoms. The Morgan fingerprint density at radius 2 is 2.12 bits per heavy atom. The second-order valence-corrected chi connectivity index (χ2v) is 6.38. The molecule has 0 aliphatic heterocycles. The topological polar surface area (TPSA) is 68.0 Å². The fraction of sp³-hybridized carbons (Fsp3) is 0.400. The van der Waals surface area contributed by atoms with Gasteiger partial charge >= 0.3 is 12.1 Å². The van der Waals surface area contributed by atoms with Gasteiger partial charge in [-0.3, -0.25) is 4.79 Å². The Labute approximate surface area is 140 Å². The molecular formula is C15H13ClF3N3O2. The molecule has 1 saturated carbocycles. The van der Waals surface area contributed by atoms with Crippen LogP contribution in [0.25, 0.3) is 11.4 Å². The van der Waals surface area contributed by atoms with Gasteiger partial charge in [0.15, 0.2) is 0 Å². The number of carbonyl (C=O) groups excluding carboxylic acids is 1. The van der Waals surface area contributed by atoms with E-state index in [1.54, 1.807) is 6.07 Å². The Kier molecular flexibility index (Phi) is 4.03. The molecule has 1 aliphatic rings. The summed E-state index contributed by atoms with van der Waals surface area (Å²) in [6.07, 6.45) is -2.96. The Morgan fingerprint density at radius 1 is 1.42 bits per heavy atom. The van der Waals surface area contributed by atoms with Crippen molar-refractivity contribution in [1.82, 2.24) is 15.5 Å². The largest absolute Gasteiger partial charge is 0.471 e. The van der Waals surface area contributed by atoms with Gasteiger partial charge in [0.05, 0.1) is 0 Å². The van der Waals surface area contributed by atoms with Gasteiger partial charge in [-0.05, 0) is 24.5 Å². The lowest BCUT2D eigenvalue weighted by molar-refractivity contribution is -0.159. The standard InChI is InChI=1S/C15H13ClF3N3O2/c1-14(4-5-14)12(23)20-7-9-3-2-8(6-10(9)16)11-21-13(24-22-11)15(17,18)19/h2-3,6H,4-5,7H2,1H3,(H,20,23). The van der Waals surface area contributed by atoms with Gasteiger partial charge in [-0.1, -0.05) is 35.8 Å². The van der Waals surface area contributed by atoms with Crippen LogP contribution in [-0.2, 0) is 17.5 Å². The molecule has 0 radical (unpaired) electrons. The molecule has 0 unspecified atom stereocenters. The normalized spacial score (nSPS) is 16.0. The number of nitrogens with zero attached hydrogens (tertiary/aromatic N) is 2. The number of hydrogen-bond acceptors (Lipinski definition) is 4. The molecule has 9 heteroatoms. The van der Waals surface area contributed by atoms with Crippen LogP contribution in [-0.4, -0.2) is 16.0 Å². The molecule has 1 N–H and O–H groups in total. The monoisotopic (exact) mass is 359 g/mol. The van der Waals surface area contributed by atoms with E-state index in [1.165, 1.54) is 12.1 Å². The zero-order valence-corrected chi connectivity index (χ0v) is 13.3. The molecule has 1 aromatic carbocycles. The average Bonchev–Trinajstić information content (AvgIpc) is 3.07. The fourth-order valence-corrected chi connectivity index (χ4v) is 2.34. The van der Waals surface area contributed by atoms with E-state index in [9.17, 15) is 18.0 Å². The van der Waals surface area contributed by atoms with E-state index in [0.29, 0.717) is 16.1 Å². The maximum absolute atomic E-state index is 12.5. The van der Waals surface area contributed by atoms with Crippen molar-refractivity contribution in [1.29, 1.82) is 0 Å². The van der Waals surface area contributed by atoms with Gasteiger partial charge in [0.25, 0.3) is 0 Å². The Balaban J connectivity index is 1.72. The van der Waals surface area contributed by atoms with Crippen LogP contribution in [0.5, 0.6) is 0 Å². The van der Waals surface area contributed by atoms with E-state index in [0.717, 1.165) is 12.8 Å². The summed E-state index contributed by atoms with van der Waals surface area (Å²) in [5, 5.41) is 6.41. The number of alkyl halides is 3. The van der Waals surface area contributed by atoms with Crippen molar-refractivity contribution in [2.24, 2.45) is 5.41 Å². The molecule has 5 nitrogen and oxygen atoms in total. The summed E-state index contributed by atoms with van der Waals surface area (Å²) >= 11 is 6.13. The Hall–Kier alpha value is -2.09. The first-order valence-electron chi connectivity index (χ1n) is 7.17. The molecule has 128 valence electrons. The second kappa shape index (κ2) is 5.77. The van der Waals surface area contributed by atoms with Gasteiger partial charge in [-0.15, -0.1) is 0 Å². The summed E-state index contributed by atoms with van der Waals surface area (Å²) in [7, 11) is 0. The SMILES string of the molecule is CC1(C(=O)NCc2ccc(-c3noc(C(F)(F)F)n3)cc2Cl)CC1. The zero-order valence-electron chi connectivity index (χ0n) is 12.6. The van der Waals surface area contributed by atoms with Crippen molar-refractivity contribution in [2.45, 2.75) is 32.5 Å². The van der Waals surface area contributed by atoms with Crippen molar-refractivity contribution < 1.29 is 22.5 Å². The molecule has 0 saturated heterocycles. The summed E-state index contributed by atoms with van der Waals surface area (Å²) in [4.78, 5) is 15.2. The molecule has 1 aliphatic carbocycles. The van der Waals surface area contributed by atoms with Crippen LogP contribution in [0.1, 0.15) is 31.2 Å². The number of halogens is 4. The van der Waals surface area contributed by atoms with E-state index in [1.807, 2.05) is 6.92 Å². The Bertz CT molecular complexity index is 785. The summed E-state index contributed by atoms with van der Waals surface area (Å²) in [5.74, 6) is -1.65. The molecule has 0 atom stereocenters. The number of carbonyl (C=O) groups is 1. The predicted octanol–water partition coefficient (Wildman–Crippen LogP) is 3.83. The molecule has 0 bridgehead atoms. The number of aromatic nitrogens is 2. The minimum atomic E-state index is -4.70. The van der Waals surface area contributed by atoms with Crippen molar-refractivity contribution in [3.63, 3.8) is 0 Å². The molecule has 3 rings (SSSR count). The lowest BCUT2D eigenvalue weighted by atomic mass is 10.1. The molecule has 1 amide bonds. The molecule has 1 aromatic heterocycles. The molecule has 0 spiro atoms. The number of rotatable bonds is 4. The third-order valence-electron chi connectivity index (χ3n) is 3.97. The quantitative estimate of drug-likeness (QED) is 0.901. The van der Waals surface area contributed by atoms with Gasteiger partial charge in [0.1, 0.15) is 0 Å². The van der Waals surface area contributed by atoms with Crippen molar-refractivity contribution in [2.75, 3.05) is 0 Å². The number of hydrogen-bond donors (Lipinski definition) is 1. The van der Waals surface area contributed by atoms with Gasteiger partial charge in [-0.25, -0.2) is 0 Å². The number of amides is 1. The van der Waals surface area contributed by atoms with Gasteiger partial charge in [0.2, 0.25) is 11.7 Å². The van der Waals surface area contributed by atoms with Crippen LogP contribution in [0.4, 0.5) is 13.2 Å². The van der Waals surface area contributed by atoms with Crippen LogP contribution in [0.15, 0.2) is 22.7 Å². The Morgan fingerprint density at radius 3 is 2.67 bits per heavy atom. The first-order valence-corrected chi connectivity index (χ1v) is 7.55. The highest BCUT2D eigenvalue weighted by Crippen LogP contribution is 2.45. The molecular weight excluding hydrogens is 347 g/mol. The van der Waals surface area contributed by atoms with E-state index in [2.05, 4.69) is 20.0 Å². The third-order valence-corrected chi connectivity index (χ3v) is 4.32. The minimum absolute atomic E-state index is 0.0318. The first kappa shape index (κ1) is 16.8. The van der Waals surface area contributed by atoms with E-state index in [4.69, 9.17) is 11.6 Å². The van der Waals surface area contributed by atoms with Gasteiger partial charge in [-0.2, -0.15) is 18.2 Å². The van der Waals surface area contributed by atoms with Crippen LogP contribution in [0, 0.1) is 5.41 Å².